The third-order valence-electron chi connectivity index (χ3n) is 5.46. The van der Waals surface area contributed by atoms with Gasteiger partial charge in [-0.3, -0.25) is 0 Å². The molecular formula is C23H21ClN2O4S. The largest absolute Gasteiger partial charge is 0.462 e. The molecule has 2 aromatic heterocycles. The van der Waals surface area contributed by atoms with Gasteiger partial charge in [0.1, 0.15) is 4.75 Å². The van der Waals surface area contributed by atoms with Gasteiger partial charge in [-0.25, -0.2) is 22.2 Å². The summed E-state index contributed by atoms with van der Waals surface area (Å²) in [5.41, 5.74) is 2.21. The molecule has 0 radical (unpaired) electrons. The van der Waals surface area contributed by atoms with Crippen molar-refractivity contribution in [2.24, 2.45) is 0 Å². The zero-order valence-electron chi connectivity index (χ0n) is 17.1. The lowest BCUT2D eigenvalue weighted by Gasteiger charge is -2.30. The van der Waals surface area contributed by atoms with Gasteiger partial charge < -0.3 is 4.74 Å². The molecule has 1 aliphatic rings. The first-order chi connectivity index (χ1) is 14.8. The van der Waals surface area contributed by atoms with Gasteiger partial charge in [0.05, 0.1) is 12.2 Å². The Kier molecular flexibility index (Phi) is 5.49. The Labute approximate surface area is 185 Å². The molecule has 160 valence electrons. The molecular weight excluding hydrogens is 436 g/mol. The van der Waals surface area contributed by atoms with Gasteiger partial charge in [0, 0.05) is 28.4 Å². The Hall–Kier alpha value is -2.90. The summed E-state index contributed by atoms with van der Waals surface area (Å²) in [6.07, 6.45) is 8.54. The maximum atomic E-state index is 13.7. The highest BCUT2D eigenvalue weighted by Gasteiger charge is 2.44. The Morgan fingerprint density at radius 3 is 2.68 bits per heavy atom. The van der Waals surface area contributed by atoms with Crippen molar-refractivity contribution in [1.82, 2.24) is 8.96 Å². The van der Waals surface area contributed by atoms with Crippen molar-refractivity contribution in [1.29, 1.82) is 0 Å². The van der Waals surface area contributed by atoms with Gasteiger partial charge in [-0.2, -0.15) is 0 Å². The molecule has 0 N–H and O–H groups in total. The lowest BCUT2D eigenvalue weighted by molar-refractivity contribution is 0.0526. The van der Waals surface area contributed by atoms with Crippen LogP contribution < -0.4 is 0 Å². The molecule has 1 unspecified atom stereocenters. The molecule has 1 atom stereocenters. The van der Waals surface area contributed by atoms with Crippen molar-refractivity contribution in [2.75, 3.05) is 6.61 Å². The number of esters is 1. The SMILES string of the molecule is CCOC(=O)c1ccc(-c2cn(S(=O)(=O)C3(C)CC=CC=C3Cl)c3ncccc23)cc1. The molecule has 6 nitrogen and oxygen atoms in total. The third kappa shape index (κ3) is 3.47. The first-order valence-electron chi connectivity index (χ1n) is 9.81. The van der Waals surface area contributed by atoms with Gasteiger partial charge in [-0.15, -0.1) is 0 Å². The minimum atomic E-state index is -3.92. The molecule has 0 aliphatic heterocycles. The van der Waals surface area contributed by atoms with Crippen LogP contribution in [0.2, 0.25) is 0 Å². The lowest BCUT2D eigenvalue weighted by Crippen LogP contribution is -2.40. The standard InChI is InChI=1S/C23H21ClN2O4S/c1-3-30-22(27)17-11-9-16(10-12-17)19-15-26(21-18(19)7-6-14-25-21)31(28,29)23(2)13-5-4-8-20(23)24/h4-12,14-15H,3,13H2,1-2H3. The number of hydrogen-bond donors (Lipinski definition) is 0. The minimum absolute atomic E-state index is 0.258. The molecule has 0 saturated carbocycles. The quantitative estimate of drug-likeness (QED) is 0.510. The second-order valence-electron chi connectivity index (χ2n) is 7.39. The predicted octanol–water partition coefficient (Wildman–Crippen LogP) is 4.90. The van der Waals surface area contributed by atoms with Crippen molar-refractivity contribution >= 4 is 38.6 Å². The van der Waals surface area contributed by atoms with Gasteiger partial charge >= 0.3 is 5.97 Å². The molecule has 0 spiro atoms. The Balaban J connectivity index is 1.85. The summed E-state index contributed by atoms with van der Waals surface area (Å²) in [5.74, 6) is -0.402. The summed E-state index contributed by atoms with van der Waals surface area (Å²) in [6.45, 7) is 3.66. The number of carbonyl (C=O) groups excluding carboxylic acids is 1. The Morgan fingerprint density at radius 2 is 2.00 bits per heavy atom. The molecule has 31 heavy (non-hydrogen) atoms. The van der Waals surface area contributed by atoms with Crippen molar-refractivity contribution in [3.63, 3.8) is 0 Å². The van der Waals surface area contributed by atoms with E-state index in [0.717, 1.165) is 5.56 Å². The molecule has 0 amide bonds. The van der Waals surface area contributed by atoms with Gasteiger partial charge in [-0.1, -0.05) is 35.9 Å². The van der Waals surface area contributed by atoms with Crippen LogP contribution >= 0.6 is 11.6 Å². The number of hydrogen-bond acceptors (Lipinski definition) is 5. The fourth-order valence-electron chi connectivity index (χ4n) is 3.61. The van der Waals surface area contributed by atoms with Crippen LogP contribution in [0.5, 0.6) is 0 Å². The number of halogens is 1. The lowest BCUT2D eigenvalue weighted by atomic mass is 10.0. The summed E-state index contributed by atoms with van der Waals surface area (Å²) in [5, 5.41) is 0.943. The number of pyridine rings is 1. The molecule has 3 aromatic rings. The van der Waals surface area contributed by atoms with Crippen molar-refractivity contribution < 1.29 is 17.9 Å². The van der Waals surface area contributed by atoms with Gasteiger partial charge in [0.25, 0.3) is 10.0 Å². The molecule has 4 rings (SSSR count). The fourth-order valence-corrected chi connectivity index (χ4v) is 5.72. The van der Waals surface area contributed by atoms with Crippen molar-refractivity contribution in [2.45, 2.75) is 25.0 Å². The number of fused-ring (bicyclic) bond motifs is 1. The van der Waals surface area contributed by atoms with E-state index in [1.54, 1.807) is 74.8 Å². The van der Waals surface area contributed by atoms with E-state index in [2.05, 4.69) is 4.98 Å². The second-order valence-corrected chi connectivity index (χ2v) is 10.0. The highest BCUT2D eigenvalue weighted by atomic mass is 35.5. The maximum absolute atomic E-state index is 13.7. The Morgan fingerprint density at radius 1 is 1.26 bits per heavy atom. The molecule has 0 fully saturated rings. The van der Waals surface area contributed by atoms with Crippen LogP contribution in [0.3, 0.4) is 0 Å². The summed E-state index contributed by atoms with van der Waals surface area (Å²) < 4.78 is 32.3. The number of ether oxygens (including phenoxy) is 1. The highest BCUT2D eigenvalue weighted by molar-refractivity contribution is 7.91. The topological polar surface area (TPSA) is 78.3 Å². The van der Waals surface area contributed by atoms with Crippen LogP contribution in [0.1, 0.15) is 30.6 Å². The van der Waals surface area contributed by atoms with E-state index < -0.39 is 20.7 Å². The molecule has 8 heteroatoms. The van der Waals surface area contributed by atoms with Gasteiger partial charge in [0.2, 0.25) is 0 Å². The number of rotatable bonds is 5. The van der Waals surface area contributed by atoms with Gasteiger partial charge in [0.15, 0.2) is 5.65 Å². The molecule has 1 aromatic carbocycles. The molecule has 0 bridgehead atoms. The smallest absolute Gasteiger partial charge is 0.338 e. The van der Waals surface area contributed by atoms with E-state index in [1.165, 1.54) is 3.97 Å². The number of allylic oxidation sites excluding steroid dienone is 3. The summed E-state index contributed by atoms with van der Waals surface area (Å²) in [4.78, 5) is 16.3. The van der Waals surface area contributed by atoms with E-state index in [1.807, 2.05) is 6.07 Å². The fraction of sp³-hybridized carbons (Fsp3) is 0.217. The number of carbonyl (C=O) groups is 1. The van der Waals surface area contributed by atoms with E-state index in [0.29, 0.717) is 28.8 Å². The summed E-state index contributed by atoms with van der Waals surface area (Å²) in [6, 6.07) is 10.4. The average molecular weight is 457 g/mol. The van der Waals surface area contributed by atoms with E-state index in [-0.39, 0.29) is 11.5 Å². The summed E-state index contributed by atoms with van der Waals surface area (Å²) in [7, 11) is -3.92. The molecule has 0 saturated heterocycles. The summed E-state index contributed by atoms with van der Waals surface area (Å²) >= 11 is 6.36. The highest BCUT2D eigenvalue weighted by Crippen LogP contribution is 2.40. The van der Waals surface area contributed by atoms with Crippen molar-refractivity contribution in [3.05, 3.63) is 77.6 Å². The van der Waals surface area contributed by atoms with Crippen LogP contribution in [-0.4, -0.2) is 34.7 Å². The van der Waals surface area contributed by atoms with E-state index in [9.17, 15) is 13.2 Å². The number of benzene rings is 1. The monoisotopic (exact) mass is 456 g/mol. The third-order valence-corrected chi connectivity index (χ3v) is 8.44. The first kappa shape index (κ1) is 21.3. The van der Waals surface area contributed by atoms with Crippen LogP contribution in [-0.2, 0) is 14.8 Å². The zero-order chi connectivity index (χ0) is 22.2. The zero-order valence-corrected chi connectivity index (χ0v) is 18.7. The second kappa shape index (κ2) is 7.98. The number of aromatic nitrogens is 2. The van der Waals surface area contributed by atoms with Crippen LogP contribution in [0.15, 0.2) is 72.1 Å². The van der Waals surface area contributed by atoms with Crippen LogP contribution in [0, 0.1) is 0 Å². The van der Waals surface area contributed by atoms with Crippen LogP contribution in [0.25, 0.3) is 22.2 Å². The first-order valence-corrected chi connectivity index (χ1v) is 11.6. The van der Waals surface area contributed by atoms with E-state index >= 15 is 0 Å². The molecule has 2 heterocycles. The Bertz CT molecular complexity index is 1320. The van der Waals surface area contributed by atoms with Crippen molar-refractivity contribution in [3.8, 4) is 11.1 Å². The van der Waals surface area contributed by atoms with E-state index in [4.69, 9.17) is 16.3 Å². The number of nitrogens with zero attached hydrogens (tertiary/aromatic N) is 2. The molecule has 1 aliphatic carbocycles. The maximum Gasteiger partial charge on any atom is 0.338 e. The predicted molar refractivity (Wildman–Crippen MR) is 122 cm³/mol. The minimum Gasteiger partial charge on any atom is -0.462 e. The van der Waals surface area contributed by atoms with Gasteiger partial charge in [-0.05, 0) is 56.2 Å². The van der Waals surface area contributed by atoms with Crippen LogP contribution in [0.4, 0.5) is 0 Å². The normalized spacial score (nSPS) is 18.7. The average Bonchev–Trinajstić information content (AvgIpc) is 3.16.